The molecule has 1 N–H and O–H groups in total. The topological polar surface area (TPSA) is 55.8 Å². The van der Waals surface area contributed by atoms with Crippen LogP contribution >= 0.6 is 0 Å². The summed E-state index contributed by atoms with van der Waals surface area (Å²) in [7, 11) is 0. The number of aliphatic hydroxyl groups is 1. The van der Waals surface area contributed by atoms with Gasteiger partial charge < -0.3 is 14.6 Å². The molecule has 45 heavy (non-hydrogen) atoms. The van der Waals surface area contributed by atoms with Crippen LogP contribution in [0.1, 0.15) is 206 Å². The Labute approximate surface area is 281 Å². The zero-order valence-electron chi connectivity index (χ0n) is 30.4. The number of hydrogen-bond donors (Lipinski definition) is 1. The lowest BCUT2D eigenvalue weighted by atomic mass is 10.0. The summed E-state index contributed by atoms with van der Waals surface area (Å²) in [6.45, 7) is 5.34. The van der Waals surface area contributed by atoms with Gasteiger partial charge in [-0.15, -0.1) is 0 Å². The van der Waals surface area contributed by atoms with Gasteiger partial charge in [-0.1, -0.05) is 179 Å². The summed E-state index contributed by atoms with van der Waals surface area (Å²) >= 11 is 0. The van der Waals surface area contributed by atoms with Crippen LogP contribution in [-0.4, -0.2) is 37.0 Å². The molecule has 0 saturated heterocycles. The second kappa shape index (κ2) is 39.1. The molecule has 0 aromatic carbocycles. The molecule has 0 bridgehead atoms. The molecule has 0 rings (SSSR count). The lowest BCUT2D eigenvalue weighted by Crippen LogP contribution is -2.27. The van der Waals surface area contributed by atoms with Gasteiger partial charge in [-0.25, -0.2) is 0 Å². The average Bonchev–Trinajstić information content (AvgIpc) is 3.05. The molecule has 0 aliphatic rings. The third-order valence-corrected chi connectivity index (χ3v) is 8.78. The van der Waals surface area contributed by atoms with E-state index in [1.54, 1.807) is 0 Å². The monoisotopic (exact) mass is 635 g/mol. The first-order valence-corrected chi connectivity index (χ1v) is 19.9. The maximum atomic E-state index is 12.2. The number of allylic oxidation sites excluding steroid dienone is 4. The third kappa shape index (κ3) is 37.2. The highest BCUT2D eigenvalue weighted by Crippen LogP contribution is 2.14. The molecule has 0 aromatic rings. The minimum Gasteiger partial charge on any atom is -0.457 e. The van der Waals surface area contributed by atoms with Crippen molar-refractivity contribution in [2.75, 3.05) is 19.8 Å². The van der Waals surface area contributed by atoms with E-state index in [2.05, 4.69) is 38.2 Å². The van der Waals surface area contributed by atoms with Crippen molar-refractivity contribution in [3.8, 4) is 0 Å². The van der Waals surface area contributed by atoms with Crippen molar-refractivity contribution in [3.05, 3.63) is 24.3 Å². The zero-order chi connectivity index (χ0) is 32.7. The Hall–Kier alpha value is -1.13. The van der Waals surface area contributed by atoms with Gasteiger partial charge in [0.05, 0.1) is 13.2 Å². The fourth-order valence-corrected chi connectivity index (χ4v) is 5.77. The van der Waals surface area contributed by atoms with Crippen LogP contribution in [0.5, 0.6) is 0 Å². The zero-order valence-corrected chi connectivity index (χ0v) is 30.4. The molecule has 0 aliphatic carbocycles. The van der Waals surface area contributed by atoms with E-state index in [1.807, 2.05) is 0 Å². The molecule has 0 saturated carbocycles. The van der Waals surface area contributed by atoms with Crippen molar-refractivity contribution in [1.82, 2.24) is 0 Å². The standard InChI is InChI=1S/C41H78O4/c1-3-5-7-9-11-13-15-17-19-20-21-22-23-25-27-29-31-33-35-37-44-39-40(38-42)45-41(43)36-34-32-30-28-26-24-18-16-14-12-10-8-6-4-2/h13,15,19-20,40,42H,3-12,14,16-18,21-39H2,1-2H3/b15-13-,20-19-. The lowest BCUT2D eigenvalue weighted by molar-refractivity contribution is -0.154. The van der Waals surface area contributed by atoms with Crippen LogP contribution < -0.4 is 0 Å². The van der Waals surface area contributed by atoms with Gasteiger partial charge in [0.1, 0.15) is 6.10 Å². The lowest BCUT2D eigenvalue weighted by Gasteiger charge is -2.16. The van der Waals surface area contributed by atoms with Crippen LogP contribution in [0, 0.1) is 0 Å². The molecule has 4 heteroatoms. The van der Waals surface area contributed by atoms with Crippen molar-refractivity contribution in [3.63, 3.8) is 0 Å². The molecule has 0 fully saturated rings. The first-order valence-electron chi connectivity index (χ1n) is 19.9. The molecule has 0 spiro atoms. The molecule has 0 aromatic heterocycles. The smallest absolute Gasteiger partial charge is 0.306 e. The number of unbranched alkanes of at least 4 members (excludes halogenated alkanes) is 25. The minimum absolute atomic E-state index is 0.170. The van der Waals surface area contributed by atoms with Crippen molar-refractivity contribution >= 4 is 5.97 Å². The average molecular weight is 635 g/mol. The number of rotatable bonds is 37. The Morgan fingerprint density at radius 3 is 1.40 bits per heavy atom. The fourth-order valence-electron chi connectivity index (χ4n) is 5.77. The second-order valence-electron chi connectivity index (χ2n) is 13.4. The molecule has 0 amide bonds. The maximum absolute atomic E-state index is 12.2. The summed E-state index contributed by atoms with van der Waals surface area (Å²) < 4.78 is 11.1. The summed E-state index contributed by atoms with van der Waals surface area (Å²) in [5.41, 5.74) is 0. The molecule has 266 valence electrons. The Bertz CT molecular complexity index is 629. The molecule has 4 nitrogen and oxygen atoms in total. The van der Waals surface area contributed by atoms with Gasteiger partial charge in [0.2, 0.25) is 0 Å². The summed E-state index contributed by atoms with van der Waals surface area (Å²) in [6, 6.07) is 0. The predicted octanol–water partition coefficient (Wildman–Crippen LogP) is 12.8. The Morgan fingerprint density at radius 2 is 0.933 bits per heavy atom. The summed E-state index contributed by atoms with van der Waals surface area (Å²) in [5.74, 6) is -0.201. The number of ether oxygens (including phenoxy) is 2. The first-order chi connectivity index (χ1) is 22.2. The molecule has 0 aliphatic heterocycles. The molecular weight excluding hydrogens is 556 g/mol. The number of esters is 1. The van der Waals surface area contributed by atoms with Crippen LogP contribution in [0.15, 0.2) is 24.3 Å². The van der Waals surface area contributed by atoms with Gasteiger partial charge in [0.25, 0.3) is 0 Å². The van der Waals surface area contributed by atoms with Crippen LogP contribution in [0.2, 0.25) is 0 Å². The minimum atomic E-state index is -0.532. The molecule has 0 heterocycles. The van der Waals surface area contributed by atoms with E-state index in [9.17, 15) is 9.90 Å². The van der Waals surface area contributed by atoms with Gasteiger partial charge in [-0.05, 0) is 44.9 Å². The van der Waals surface area contributed by atoms with Gasteiger partial charge in [0.15, 0.2) is 0 Å². The Kier molecular flexibility index (Phi) is 38.1. The van der Waals surface area contributed by atoms with E-state index in [0.29, 0.717) is 19.6 Å². The van der Waals surface area contributed by atoms with Crippen LogP contribution in [0.25, 0.3) is 0 Å². The highest BCUT2D eigenvalue weighted by molar-refractivity contribution is 5.69. The summed E-state index contributed by atoms with van der Waals surface area (Å²) in [6.07, 6.45) is 46.5. The maximum Gasteiger partial charge on any atom is 0.306 e. The van der Waals surface area contributed by atoms with Gasteiger partial charge >= 0.3 is 5.97 Å². The normalized spacial score (nSPS) is 12.5. The number of carbonyl (C=O) groups excluding carboxylic acids is 1. The molecule has 1 atom stereocenters. The van der Waals surface area contributed by atoms with Crippen LogP contribution in [0.4, 0.5) is 0 Å². The summed E-state index contributed by atoms with van der Waals surface area (Å²) in [4.78, 5) is 12.2. The number of carbonyl (C=O) groups is 1. The SMILES string of the molecule is CCCCCC/C=C\C/C=C\CCCCCCCCCCOCC(CO)OC(=O)CCCCCCCCCCCCCCCC. The number of aliphatic hydroxyl groups excluding tert-OH is 1. The fraction of sp³-hybridized carbons (Fsp3) is 0.878. The van der Waals surface area contributed by atoms with Crippen LogP contribution in [-0.2, 0) is 14.3 Å². The molecule has 1 unspecified atom stereocenters. The van der Waals surface area contributed by atoms with E-state index in [1.165, 1.54) is 161 Å². The van der Waals surface area contributed by atoms with E-state index < -0.39 is 6.10 Å². The number of hydrogen-bond acceptors (Lipinski definition) is 4. The van der Waals surface area contributed by atoms with Gasteiger partial charge in [-0.3, -0.25) is 4.79 Å². The van der Waals surface area contributed by atoms with Crippen molar-refractivity contribution < 1.29 is 19.4 Å². The largest absolute Gasteiger partial charge is 0.457 e. The second-order valence-corrected chi connectivity index (χ2v) is 13.4. The summed E-state index contributed by atoms with van der Waals surface area (Å²) in [5, 5.41) is 9.57. The van der Waals surface area contributed by atoms with Gasteiger partial charge in [0, 0.05) is 13.0 Å². The highest BCUT2D eigenvalue weighted by Gasteiger charge is 2.13. The van der Waals surface area contributed by atoms with Crippen molar-refractivity contribution in [2.45, 2.75) is 213 Å². The van der Waals surface area contributed by atoms with Gasteiger partial charge in [-0.2, -0.15) is 0 Å². The van der Waals surface area contributed by atoms with E-state index in [-0.39, 0.29) is 12.6 Å². The van der Waals surface area contributed by atoms with Crippen molar-refractivity contribution in [1.29, 1.82) is 0 Å². The highest BCUT2D eigenvalue weighted by atomic mass is 16.6. The van der Waals surface area contributed by atoms with E-state index >= 15 is 0 Å². The predicted molar refractivity (Wildman–Crippen MR) is 196 cm³/mol. The van der Waals surface area contributed by atoms with E-state index in [4.69, 9.17) is 9.47 Å². The van der Waals surface area contributed by atoms with E-state index in [0.717, 1.165) is 25.7 Å². The first kappa shape index (κ1) is 43.9. The molecular formula is C41H78O4. The molecule has 0 radical (unpaired) electrons. The Morgan fingerprint density at radius 1 is 0.533 bits per heavy atom. The third-order valence-electron chi connectivity index (χ3n) is 8.78. The quantitative estimate of drug-likeness (QED) is 0.0420. The van der Waals surface area contributed by atoms with Crippen molar-refractivity contribution in [2.24, 2.45) is 0 Å². The van der Waals surface area contributed by atoms with Crippen LogP contribution in [0.3, 0.4) is 0 Å². The Balaban J connectivity index is 3.42.